The lowest BCUT2D eigenvalue weighted by molar-refractivity contribution is 0.133. The summed E-state index contributed by atoms with van der Waals surface area (Å²) >= 11 is 0. The Balaban J connectivity index is 0.00000338. The molecule has 0 fully saturated rings. The normalized spacial score (nSPS) is 10.8. The molecule has 0 saturated carbocycles. The molecule has 6 heteroatoms. The summed E-state index contributed by atoms with van der Waals surface area (Å²) in [6.07, 6.45) is 0. The van der Waals surface area contributed by atoms with Crippen molar-refractivity contribution in [3.05, 3.63) is 65.2 Å². The van der Waals surface area contributed by atoms with Crippen molar-refractivity contribution in [2.75, 3.05) is 20.8 Å². The predicted molar refractivity (Wildman–Crippen MR) is 117 cm³/mol. The van der Waals surface area contributed by atoms with E-state index in [4.69, 9.17) is 9.47 Å². The molecule has 0 bridgehead atoms. The van der Waals surface area contributed by atoms with Gasteiger partial charge in [-0.2, -0.15) is 0 Å². The Labute approximate surface area is 173 Å². The molecular weight excluding hydrogens is 441 g/mol. The smallest absolute Gasteiger partial charge is 0.191 e. The van der Waals surface area contributed by atoms with Crippen LogP contribution in [0.25, 0.3) is 0 Å². The van der Waals surface area contributed by atoms with Gasteiger partial charge in [0.1, 0.15) is 5.75 Å². The van der Waals surface area contributed by atoms with Gasteiger partial charge in [-0.3, -0.25) is 4.99 Å². The fourth-order valence-corrected chi connectivity index (χ4v) is 2.41. The van der Waals surface area contributed by atoms with E-state index in [1.807, 2.05) is 43.3 Å². The molecule has 0 saturated heterocycles. The van der Waals surface area contributed by atoms with Crippen LogP contribution in [0.1, 0.15) is 23.6 Å². The second kappa shape index (κ2) is 12.5. The number of methoxy groups -OCH3 is 1. The Bertz CT molecular complexity index is 675. The Hall–Kier alpha value is -1.80. The molecule has 142 valence electrons. The zero-order valence-electron chi connectivity index (χ0n) is 15.6. The number of hydrogen-bond donors (Lipinski definition) is 2. The number of rotatable bonds is 8. The van der Waals surface area contributed by atoms with Gasteiger partial charge in [0.25, 0.3) is 0 Å². The standard InChI is InChI=1S/C20H27N3O2.HI/c1-4-25-15-18-8-6-5-7-17(18)14-23-20(21-2)22-13-16-9-11-19(24-3)12-10-16;/h5-12H,4,13-15H2,1-3H3,(H2,21,22,23);1H. The average Bonchev–Trinajstić information content (AvgIpc) is 2.67. The van der Waals surface area contributed by atoms with Gasteiger partial charge < -0.3 is 20.1 Å². The Morgan fingerprint density at radius 2 is 1.62 bits per heavy atom. The SMILES string of the molecule is CCOCc1ccccc1CNC(=NC)NCc1ccc(OC)cc1.I. The number of nitrogens with zero attached hydrogens (tertiary/aromatic N) is 1. The van der Waals surface area contributed by atoms with Gasteiger partial charge in [-0.25, -0.2) is 0 Å². The lowest BCUT2D eigenvalue weighted by Gasteiger charge is -2.14. The summed E-state index contributed by atoms with van der Waals surface area (Å²) in [4.78, 5) is 4.28. The predicted octanol–water partition coefficient (Wildman–Crippen LogP) is 3.71. The van der Waals surface area contributed by atoms with Gasteiger partial charge in [-0.1, -0.05) is 36.4 Å². The van der Waals surface area contributed by atoms with Gasteiger partial charge in [0.2, 0.25) is 0 Å². The molecule has 0 heterocycles. The third-order valence-corrected chi connectivity index (χ3v) is 3.87. The molecule has 2 aromatic rings. The maximum absolute atomic E-state index is 5.53. The summed E-state index contributed by atoms with van der Waals surface area (Å²) in [5.74, 6) is 1.62. The highest BCUT2D eigenvalue weighted by atomic mass is 127. The zero-order chi connectivity index (χ0) is 17.9. The molecule has 26 heavy (non-hydrogen) atoms. The van der Waals surface area contributed by atoms with Gasteiger partial charge in [0, 0.05) is 26.7 Å². The summed E-state index contributed by atoms with van der Waals surface area (Å²) in [6.45, 7) is 4.75. The summed E-state index contributed by atoms with van der Waals surface area (Å²) in [5.41, 5.74) is 3.58. The van der Waals surface area contributed by atoms with Crippen molar-refractivity contribution in [1.82, 2.24) is 10.6 Å². The van der Waals surface area contributed by atoms with Crippen LogP contribution in [0.15, 0.2) is 53.5 Å². The number of nitrogens with one attached hydrogen (secondary N) is 2. The lowest BCUT2D eigenvalue weighted by Crippen LogP contribution is -2.36. The first kappa shape index (κ1) is 22.2. The minimum Gasteiger partial charge on any atom is -0.497 e. The molecule has 0 atom stereocenters. The van der Waals surface area contributed by atoms with Crippen LogP contribution in [0.5, 0.6) is 5.75 Å². The molecule has 0 aliphatic rings. The number of hydrogen-bond acceptors (Lipinski definition) is 3. The molecule has 2 N–H and O–H groups in total. The van der Waals surface area contributed by atoms with E-state index in [2.05, 4.69) is 27.8 Å². The fourth-order valence-electron chi connectivity index (χ4n) is 2.41. The van der Waals surface area contributed by atoms with Gasteiger partial charge >= 0.3 is 0 Å². The van der Waals surface area contributed by atoms with Crippen molar-refractivity contribution in [2.24, 2.45) is 4.99 Å². The number of guanidine groups is 1. The Kier molecular flexibility index (Phi) is 10.7. The number of aliphatic imine (C=N–C) groups is 1. The molecule has 2 rings (SSSR count). The van der Waals surface area contributed by atoms with E-state index in [1.54, 1.807) is 14.2 Å². The molecule has 0 radical (unpaired) electrons. The van der Waals surface area contributed by atoms with Crippen molar-refractivity contribution in [3.8, 4) is 5.75 Å². The molecule has 0 aliphatic heterocycles. The molecule has 2 aromatic carbocycles. The molecule has 0 amide bonds. The van der Waals surface area contributed by atoms with Crippen molar-refractivity contribution in [1.29, 1.82) is 0 Å². The van der Waals surface area contributed by atoms with Gasteiger partial charge in [0.05, 0.1) is 13.7 Å². The van der Waals surface area contributed by atoms with E-state index in [0.717, 1.165) is 11.7 Å². The largest absolute Gasteiger partial charge is 0.497 e. The molecule has 5 nitrogen and oxygen atoms in total. The molecular formula is C20H28IN3O2. The highest BCUT2D eigenvalue weighted by molar-refractivity contribution is 14.0. The van der Waals surface area contributed by atoms with Crippen LogP contribution in [-0.2, 0) is 24.4 Å². The number of benzene rings is 2. The van der Waals surface area contributed by atoms with Crippen LogP contribution in [-0.4, -0.2) is 26.7 Å². The zero-order valence-corrected chi connectivity index (χ0v) is 17.9. The number of ether oxygens (including phenoxy) is 2. The van der Waals surface area contributed by atoms with E-state index in [1.165, 1.54) is 16.7 Å². The van der Waals surface area contributed by atoms with Crippen molar-refractivity contribution in [2.45, 2.75) is 26.6 Å². The van der Waals surface area contributed by atoms with Crippen LogP contribution >= 0.6 is 24.0 Å². The first-order chi connectivity index (χ1) is 12.3. The third-order valence-electron chi connectivity index (χ3n) is 3.87. The van der Waals surface area contributed by atoms with Crippen molar-refractivity contribution in [3.63, 3.8) is 0 Å². The summed E-state index contributed by atoms with van der Waals surface area (Å²) in [5, 5.41) is 6.68. The van der Waals surface area contributed by atoms with Crippen LogP contribution in [0.4, 0.5) is 0 Å². The lowest BCUT2D eigenvalue weighted by atomic mass is 10.1. The molecule has 0 unspecified atom stereocenters. The fraction of sp³-hybridized carbons (Fsp3) is 0.350. The molecule has 0 aromatic heterocycles. The minimum absolute atomic E-state index is 0. The second-order valence-corrected chi connectivity index (χ2v) is 5.53. The maximum Gasteiger partial charge on any atom is 0.191 e. The Morgan fingerprint density at radius 3 is 2.23 bits per heavy atom. The second-order valence-electron chi connectivity index (χ2n) is 5.53. The van der Waals surface area contributed by atoms with Crippen LogP contribution in [0.3, 0.4) is 0 Å². The van der Waals surface area contributed by atoms with E-state index in [0.29, 0.717) is 26.3 Å². The topological polar surface area (TPSA) is 54.9 Å². The highest BCUT2D eigenvalue weighted by Crippen LogP contribution is 2.11. The van der Waals surface area contributed by atoms with Crippen LogP contribution < -0.4 is 15.4 Å². The first-order valence-electron chi connectivity index (χ1n) is 8.48. The Morgan fingerprint density at radius 1 is 0.962 bits per heavy atom. The minimum atomic E-state index is 0. The van der Waals surface area contributed by atoms with Gasteiger partial charge in [-0.15, -0.1) is 24.0 Å². The van der Waals surface area contributed by atoms with Crippen LogP contribution in [0.2, 0.25) is 0 Å². The number of halogens is 1. The van der Waals surface area contributed by atoms with Crippen molar-refractivity contribution < 1.29 is 9.47 Å². The van der Waals surface area contributed by atoms with E-state index in [-0.39, 0.29) is 24.0 Å². The summed E-state index contributed by atoms with van der Waals surface area (Å²) < 4.78 is 10.7. The van der Waals surface area contributed by atoms with Gasteiger partial charge in [-0.05, 0) is 35.7 Å². The van der Waals surface area contributed by atoms with Gasteiger partial charge in [0.15, 0.2) is 5.96 Å². The maximum atomic E-state index is 5.53. The highest BCUT2D eigenvalue weighted by Gasteiger charge is 2.04. The third kappa shape index (κ3) is 7.21. The summed E-state index contributed by atoms with van der Waals surface area (Å²) in [6, 6.07) is 16.3. The first-order valence-corrected chi connectivity index (χ1v) is 8.48. The quantitative estimate of drug-likeness (QED) is 0.352. The molecule has 0 aliphatic carbocycles. The monoisotopic (exact) mass is 469 g/mol. The van der Waals surface area contributed by atoms with Crippen molar-refractivity contribution >= 4 is 29.9 Å². The van der Waals surface area contributed by atoms with E-state index < -0.39 is 0 Å². The summed E-state index contributed by atoms with van der Waals surface area (Å²) in [7, 11) is 3.44. The molecule has 0 spiro atoms. The van der Waals surface area contributed by atoms with E-state index in [9.17, 15) is 0 Å². The van der Waals surface area contributed by atoms with E-state index >= 15 is 0 Å². The van der Waals surface area contributed by atoms with Crippen LogP contribution in [0, 0.1) is 0 Å². The average molecular weight is 469 g/mol.